The highest BCUT2D eigenvalue weighted by Gasteiger charge is 2.14. The quantitative estimate of drug-likeness (QED) is 0.777. The number of fused-ring (bicyclic) bond motifs is 1. The molecule has 0 aliphatic rings. The predicted molar refractivity (Wildman–Crippen MR) is 90.6 cm³/mol. The predicted octanol–water partition coefficient (Wildman–Crippen LogP) is 1.90. The lowest BCUT2D eigenvalue weighted by atomic mass is 10.3. The molecule has 0 unspecified atom stereocenters. The molecular weight excluding hydrogens is 312 g/mol. The van der Waals surface area contributed by atoms with Gasteiger partial charge in [0.25, 0.3) is 0 Å². The van der Waals surface area contributed by atoms with E-state index >= 15 is 0 Å². The minimum absolute atomic E-state index is 0.0106. The van der Waals surface area contributed by atoms with E-state index in [1.165, 1.54) is 15.9 Å². The van der Waals surface area contributed by atoms with Gasteiger partial charge >= 0.3 is 5.69 Å². The van der Waals surface area contributed by atoms with Crippen molar-refractivity contribution in [3.8, 4) is 0 Å². The van der Waals surface area contributed by atoms with Gasteiger partial charge in [0, 0.05) is 17.6 Å². The van der Waals surface area contributed by atoms with Crippen molar-refractivity contribution in [1.29, 1.82) is 0 Å². The number of carbonyl (C=O) groups is 1. The van der Waals surface area contributed by atoms with Gasteiger partial charge in [0.1, 0.15) is 11.6 Å². The van der Waals surface area contributed by atoms with Crippen molar-refractivity contribution in [3.63, 3.8) is 0 Å². The number of para-hydroxylation sites is 2. The molecule has 0 aliphatic carbocycles. The molecule has 1 aromatic carbocycles. The first-order chi connectivity index (χ1) is 11.1. The molecule has 3 rings (SSSR count). The van der Waals surface area contributed by atoms with Gasteiger partial charge < -0.3 is 5.32 Å². The van der Waals surface area contributed by atoms with Gasteiger partial charge in [-0.1, -0.05) is 12.1 Å². The van der Waals surface area contributed by atoms with Crippen LogP contribution in [0.1, 0.15) is 17.6 Å². The lowest BCUT2D eigenvalue weighted by Gasteiger charge is -2.04. The average molecular weight is 330 g/mol. The van der Waals surface area contributed by atoms with Crippen LogP contribution in [-0.4, -0.2) is 20.0 Å². The lowest BCUT2D eigenvalue weighted by molar-refractivity contribution is -0.121. The number of hydrogen-bond acceptors (Lipinski definition) is 4. The van der Waals surface area contributed by atoms with E-state index in [0.29, 0.717) is 13.1 Å². The molecule has 0 bridgehead atoms. The topological polar surface area (TPSA) is 68.9 Å². The fourth-order valence-electron chi connectivity index (χ4n) is 2.59. The Kier molecular flexibility index (Phi) is 4.29. The SMILES string of the molecule is CCn1c(=O)n(CC(=O)NCc2nc(C)cs2)c2ccccc21. The zero-order valence-corrected chi connectivity index (χ0v) is 13.9. The minimum Gasteiger partial charge on any atom is -0.348 e. The van der Waals surface area contributed by atoms with E-state index in [1.54, 1.807) is 4.57 Å². The van der Waals surface area contributed by atoms with Gasteiger partial charge in [-0.2, -0.15) is 0 Å². The third-order valence-corrected chi connectivity index (χ3v) is 4.61. The van der Waals surface area contributed by atoms with E-state index in [-0.39, 0.29) is 18.1 Å². The van der Waals surface area contributed by atoms with Crippen LogP contribution in [0, 0.1) is 6.92 Å². The molecule has 120 valence electrons. The van der Waals surface area contributed by atoms with E-state index in [0.717, 1.165) is 21.7 Å². The number of aromatic nitrogens is 3. The molecule has 0 fully saturated rings. The van der Waals surface area contributed by atoms with Crippen LogP contribution in [0.5, 0.6) is 0 Å². The van der Waals surface area contributed by atoms with Crippen LogP contribution < -0.4 is 11.0 Å². The summed E-state index contributed by atoms with van der Waals surface area (Å²) in [6, 6.07) is 7.52. The van der Waals surface area contributed by atoms with Crippen molar-refractivity contribution in [1.82, 2.24) is 19.4 Å². The molecule has 1 N–H and O–H groups in total. The minimum atomic E-state index is -0.195. The molecule has 23 heavy (non-hydrogen) atoms. The normalized spacial score (nSPS) is 11.0. The largest absolute Gasteiger partial charge is 0.348 e. The molecule has 0 atom stereocenters. The smallest absolute Gasteiger partial charge is 0.329 e. The van der Waals surface area contributed by atoms with Gasteiger partial charge in [0.15, 0.2) is 0 Å². The summed E-state index contributed by atoms with van der Waals surface area (Å²) < 4.78 is 3.19. The zero-order chi connectivity index (χ0) is 16.4. The Bertz CT molecular complexity index is 906. The van der Waals surface area contributed by atoms with Crippen LogP contribution in [0.2, 0.25) is 0 Å². The Labute approximate surface area is 137 Å². The molecule has 2 heterocycles. The highest BCUT2D eigenvalue weighted by atomic mass is 32.1. The first kappa shape index (κ1) is 15.5. The third kappa shape index (κ3) is 3.05. The maximum Gasteiger partial charge on any atom is 0.329 e. The molecule has 6 nitrogen and oxygen atoms in total. The summed E-state index contributed by atoms with van der Waals surface area (Å²) >= 11 is 1.51. The standard InChI is InChI=1S/C16H18N4O2S/c1-3-19-12-6-4-5-7-13(12)20(16(19)22)9-14(21)17-8-15-18-11(2)10-23-15/h4-7,10H,3,8-9H2,1-2H3,(H,17,21). The van der Waals surface area contributed by atoms with Gasteiger partial charge in [-0.15, -0.1) is 11.3 Å². The number of hydrogen-bond donors (Lipinski definition) is 1. The first-order valence-electron chi connectivity index (χ1n) is 7.46. The van der Waals surface area contributed by atoms with Crippen LogP contribution in [0.4, 0.5) is 0 Å². The molecule has 0 radical (unpaired) electrons. The summed E-state index contributed by atoms with van der Waals surface area (Å²) in [4.78, 5) is 29.0. The second-order valence-corrected chi connectivity index (χ2v) is 6.20. The Hall–Kier alpha value is -2.41. The number of imidazole rings is 1. The number of carbonyl (C=O) groups excluding carboxylic acids is 1. The molecule has 7 heteroatoms. The average Bonchev–Trinajstić information content (AvgIpc) is 3.07. The highest BCUT2D eigenvalue weighted by molar-refractivity contribution is 7.09. The monoisotopic (exact) mass is 330 g/mol. The summed E-state index contributed by atoms with van der Waals surface area (Å²) in [6.45, 7) is 4.81. The summed E-state index contributed by atoms with van der Waals surface area (Å²) in [5.41, 5.74) is 2.42. The van der Waals surface area contributed by atoms with E-state index in [2.05, 4.69) is 10.3 Å². The van der Waals surface area contributed by atoms with Crippen LogP contribution in [0.3, 0.4) is 0 Å². The number of rotatable bonds is 5. The number of aryl methyl sites for hydroxylation is 2. The maximum absolute atomic E-state index is 12.5. The second-order valence-electron chi connectivity index (χ2n) is 5.26. The molecule has 0 saturated carbocycles. The molecule has 2 aromatic heterocycles. The van der Waals surface area contributed by atoms with E-state index < -0.39 is 0 Å². The number of nitrogens with zero attached hydrogens (tertiary/aromatic N) is 3. The van der Waals surface area contributed by atoms with Crippen molar-refractivity contribution in [2.45, 2.75) is 33.5 Å². The Morgan fingerprint density at radius 1 is 1.26 bits per heavy atom. The number of amides is 1. The Balaban J connectivity index is 1.79. The van der Waals surface area contributed by atoms with E-state index in [4.69, 9.17) is 0 Å². The van der Waals surface area contributed by atoms with Crippen LogP contribution in [0.15, 0.2) is 34.4 Å². The fourth-order valence-corrected chi connectivity index (χ4v) is 3.30. The summed E-state index contributed by atoms with van der Waals surface area (Å²) in [7, 11) is 0. The Morgan fingerprint density at radius 2 is 1.96 bits per heavy atom. The van der Waals surface area contributed by atoms with Crippen molar-refractivity contribution in [2.75, 3.05) is 0 Å². The fraction of sp³-hybridized carbons (Fsp3) is 0.312. The van der Waals surface area contributed by atoms with Gasteiger partial charge in [0.05, 0.1) is 17.6 Å². The summed E-state index contributed by atoms with van der Waals surface area (Å²) in [5, 5.41) is 5.63. The van der Waals surface area contributed by atoms with Gasteiger partial charge in [0.2, 0.25) is 5.91 Å². The molecule has 0 aliphatic heterocycles. The maximum atomic E-state index is 12.5. The molecular formula is C16H18N4O2S. The first-order valence-corrected chi connectivity index (χ1v) is 8.34. The summed E-state index contributed by atoms with van der Waals surface area (Å²) in [6.07, 6.45) is 0. The van der Waals surface area contributed by atoms with E-state index in [1.807, 2.05) is 43.5 Å². The molecule has 0 spiro atoms. The summed E-state index contributed by atoms with van der Waals surface area (Å²) in [5.74, 6) is -0.195. The number of benzene rings is 1. The molecule has 1 amide bonds. The number of nitrogens with one attached hydrogen (secondary N) is 1. The Morgan fingerprint density at radius 3 is 2.57 bits per heavy atom. The van der Waals surface area contributed by atoms with Gasteiger partial charge in [-0.3, -0.25) is 13.9 Å². The second kappa shape index (κ2) is 6.37. The zero-order valence-electron chi connectivity index (χ0n) is 13.1. The lowest BCUT2D eigenvalue weighted by Crippen LogP contribution is -2.32. The van der Waals surface area contributed by atoms with Crippen molar-refractivity contribution < 1.29 is 4.79 Å². The van der Waals surface area contributed by atoms with Gasteiger partial charge in [-0.25, -0.2) is 9.78 Å². The number of thiazole rings is 1. The van der Waals surface area contributed by atoms with Crippen molar-refractivity contribution in [2.24, 2.45) is 0 Å². The molecule has 0 saturated heterocycles. The van der Waals surface area contributed by atoms with Crippen LogP contribution in [0.25, 0.3) is 11.0 Å². The van der Waals surface area contributed by atoms with Crippen LogP contribution >= 0.6 is 11.3 Å². The third-order valence-electron chi connectivity index (χ3n) is 3.65. The van der Waals surface area contributed by atoms with E-state index in [9.17, 15) is 9.59 Å². The van der Waals surface area contributed by atoms with Crippen molar-refractivity contribution in [3.05, 3.63) is 50.8 Å². The van der Waals surface area contributed by atoms with Crippen LogP contribution in [-0.2, 0) is 24.4 Å². The van der Waals surface area contributed by atoms with Gasteiger partial charge in [-0.05, 0) is 26.0 Å². The van der Waals surface area contributed by atoms with Crippen molar-refractivity contribution >= 4 is 28.3 Å². The highest BCUT2D eigenvalue weighted by Crippen LogP contribution is 2.12. The molecule has 3 aromatic rings.